The van der Waals surface area contributed by atoms with Crippen LogP contribution in [0.1, 0.15) is 26.7 Å². The van der Waals surface area contributed by atoms with Crippen LogP contribution in [0.3, 0.4) is 0 Å². The van der Waals surface area contributed by atoms with E-state index in [-0.39, 0.29) is 5.92 Å². The van der Waals surface area contributed by atoms with E-state index in [0.717, 1.165) is 12.8 Å². The molecule has 0 aromatic heterocycles. The van der Waals surface area contributed by atoms with Gasteiger partial charge in [-0.05, 0) is 13.3 Å². The number of halogens is 5. The maximum absolute atomic E-state index is 9.92. The van der Waals surface area contributed by atoms with E-state index in [0.29, 0.717) is 0 Å². The molecule has 0 aromatic rings. The third-order valence-corrected chi connectivity index (χ3v) is 0.942. The Balaban J connectivity index is 0. The summed E-state index contributed by atoms with van der Waals surface area (Å²) in [6.07, 6.45) is 2.16. The molecule has 0 N–H and O–H groups in total. The number of nitrogens with zero attached hydrogens (tertiary/aromatic N) is 1. The third kappa shape index (κ3) is 48.7. The van der Waals surface area contributed by atoms with E-state index < -0.39 is 18.5 Å². The first kappa shape index (κ1) is 15.4. The van der Waals surface area contributed by atoms with E-state index >= 15 is 0 Å². The van der Waals surface area contributed by atoms with Gasteiger partial charge in [-0.2, -0.15) is 5.26 Å². The molecule has 7 heteroatoms. The van der Waals surface area contributed by atoms with Crippen LogP contribution < -0.4 is 0 Å². The number of hydrogen-bond donors (Lipinski definition) is 0. The Kier molecular flexibility index (Phi) is 6.59. The van der Waals surface area contributed by atoms with Crippen molar-refractivity contribution < 1.29 is 33.7 Å². The summed E-state index contributed by atoms with van der Waals surface area (Å²) in [4.78, 5) is 0. The molecule has 0 saturated carbocycles. The average molecular weight is 373 g/mol. The molecule has 1 nitrogen and oxygen atoms in total. The molecule has 0 amide bonds. The first-order chi connectivity index (χ1) is 5.54. The Morgan fingerprint density at radius 3 is 1.62 bits per heavy atom. The van der Waals surface area contributed by atoms with E-state index in [1.807, 2.05) is 6.92 Å². The van der Waals surface area contributed by atoms with Gasteiger partial charge in [0.05, 0.1) is 6.07 Å². The van der Waals surface area contributed by atoms with Gasteiger partial charge < -0.3 is 0 Å². The van der Waals surface area contributed by atoms with Gasteiger partial charge in [0.15, 0.2) is 0 Å². The predicted octanol–water partition coefficient (Wildman–Crippen LogP) is 4.04. The van der Waals surface area contributed by atoms with Crippen molar-refractivity contribution in [1.29, 1.82) is 5.26 Å². The van der Waals surface area contributed by atoms with Crippen molar-refractivity contribution >= 4 is 0 Å². The van der Waals surface area contributed by atoms with E-state index in [2.05, 4.69) is 13.0 Å². The van der Waals surface area contributed by atoms with Gasteiger partial charge in [0.2, 0.25) is 0 Å². The number of hydrogen-bond acceptors (Lipinski definition) is 1. The van der Waals surface area contributed by atoms with Crippen LogP contribution in [0.15, 0.2) is 0 Å². The van der Waals surface area contributed by atoms with Gasteiger partial charge in [-0.1, -0.05) is 13.3 Å². The zero-order valence-corrected chi connectivity index (χ0v) is 10.5. The molecule has 0 aliphatic rings. The first-order valence-electron chi connectivity index (χ1n) is 3.55. The van der Waals surface area contributed by atoms with Crippen molar-refractivity contribution in [1.82, 2.24) is 0 Å². The van der Waals surface area contributed by atoms with Crippen LogP contribution in [0.25, 0.3) is 0 Å². The Morgan fingerprint density at radius 1 is 1.23 bits per heavy atom. The van der Waals surface area contributed by atoms with Crippen molar-refractivity contribution in [2.45, 2.75) is 26.7 Å². The van der Waals surface area contributed by atoms with Crippen molar-refractivity contribution in [2.75, 3.05) is 0 Å². The van der Waals surface area contributed by atoms with Crippen molar-refractivity contribution in [3.05, 3.63) is 0 Å². The zero-order valence-electron chi connectivity index (χ0n) is 7.28. The van der Waals surface area contributed by atoms with E-state index in [1.54, 1.807) is 0 Å². The minimum atomic E-state index is -9.30. The van der Waals surface area contributed by atoms with Gasteiger partial charge in [-0.25, -0.2) is 0 Å². The second kappa shape index (κ2) is 5.58. The first-order valence-corrected chi connectivity index (χ1v) is 9.62. The molecule has 1 atom stereocenters. The third-order valence-electron chi connectivity index (χ3n) is 0.942. The summed E-state index contributed by atoms with van der Waals surface area (Å²) in [5, 5.41) is 8.22. The Bertz CT molecular complexity index is 163. The van der Waals surface area contributed by atoms with Crippen LogP contribution in [0, 0.1) is 17.2 Å². The fraction of sp³-hybridized carbons (Fsp3) is 0.833. The van der Waals surface area contributed by atoms with Crippen LogP contribution >= 0.6 is 0 Å². The molecule has 0 aromatic carbocycles. The van der Waals surface area contributed by atoms with E-state index in [1.165, 1.54) is 0 Å². The van der Waals surface area contributed by atoms with Gasteiger partial charge in [0, 0.05) is 5.92 Å². The van der Waals surface area contributed by atoms with Crippen molar-refractivity contribution in [2.24, 2.45) is 5.92 Å². The van der Waals surface area contributed by atoms with E-state index in [4.69, 9.17) is 5.26 Å². The SMILES string of the molecule is CCCC(C)C#N.[F][Ta]([F])([F])([F])[F]. The minimum absolute atomic E-state index is 0.255. The maximum atomic E-state index is 9.92. The van der Waals surface area contributed by atoms with Crippen LogP contribution in [0.4, 0.5) is 15.1 Å². The summed E-state index contributed by atoms with van der Waals surface area (Å²) >= 11 is -9.30. The standard InChI is InChI=1S/C6H11N.5FH.Ta/c1-3-4-6(2)5-7;;;;;;/h6H,3-4H2,1-2H3;5*1H;/q;;;;;;+5/p-5. The quantitative estimate of drug-likeness (QED) is 0.671. The van der Waals surface area contributed by atoms with Crippen LogP contribution in [0.2, 0.25) is 0 Å². The zero-order chi connectivity index (χ0) is 11.1. The Labute approximate surface area is 78.0 Å². The summed E-state index contributed by atoms with van der Waals surface area (Å²) in [5.74, 6) is 0.255. The molecule has 0 fully saturated rings. The van der Waals surface area contributed by atoms with Gasteiger partial charge in [-0.3, -0.25) is 0 Å². The van der Waals surface area contributed by atoms with Gasteiger partial charge in [0.1, 0.15) is 0 Å². The molecule has 1 unspecified atom stereocenters. The molecular weight excluding hydrogens is 362 g/mol. The summed E-state index contributed by atoms with van der Waals surface area (Å²) in [6, 6.07) is 2.17. The normalized spacial score (nSPS) is 15.7. The monoisotopic (exact) mass is 373 g/mol. The van der Waals surface area contributed by atoms with E-state index in [9.17, 15) is 15.1 Å². The van der Waals surface area contributed by atoms with Crippen LogP contribution in [-0.4, -0.2) is 0 Å². The topological polar surface area (TPSA) is 23.8 Å². The predicted molar refractivity (Wildman–Crippen MR) is 35.2 cm³/mol. The average Bonchev–Trinajstić information content (AvgIpc) is 1.83. The Hall–Kier alpha value is -0.120. The molecule has 0 rings (SSSR count). The molecule has 0 aliphatic carbocycles. The van der Waals surface area contributed by atoms with Crippen LogP contribution in [0.5, 0.6) is 0 Å². The van der Waals surface area contributed by atoms with Crippen molar-refractivity contribution in [3.8, 4) is 6.07 Å². The van der Waals surface area contributed by atoms with Crippen LogP contribution in [-0.2, 0) is 18.5 Å². The molecule has 0 saturated heterocycles. The molecular formula is C6H11F5NTa. The molecule has 0 spiro atoms. The molecule has 0 radical (unpaired) electrons. The van der Waals surface area contributed by atoms with Gasteiger partial charge in [-0.15, -0.1) is 0 Å². The summed E-state index contributed by atoms with van der Waals surface area (Å²) in [6.45, 7) is 4.04. The number of rotatable bonds is 2. The summed E-state index contributed by atoms with van der Waals surface area (Å²) < 4.78 is 49.6. The molecule has 13 heavy (non-hydrogen) atoms. The molecule has 80 valence electrons. The van der Waals surface area contributed by atoms with Crippen molar-refractivity contribution in [3.63, 3.8) is 0 Å². The fourth-order valence-electron chi connectivity index (χ4n) is 0.498. The second-order valence-corrected chi connectivity index (χ2v) is 7.05. The fourth-order valence-corrected chi connectivity index (χ4v) is 0.498. The number of nitriles is 1. The van der Waals surface area contributed by atoms with Gasteiger partial charge in [0.25, 0.3) is 0 Å². The molecule has 0 heterocycles. The second-order valence-electron chi connectivity index (χ2n) is 2.46. The van der Waals surface area contributed by atoms with Gasteiger partial charge >= 0.3 is 33.7 Å². The summed E-state index contributed by atoms with van der Waals surface area (Å²) in [7, 11) is 0. The summed E-state index contributed by atoms with van der Waals surface area (Å²) in [5.41, 5.74) is 0. The molecule has 0 aliphatic heterocycles. The molecule has 0 bridgehead atoms. The Morgan fingerprint density at radius 2 is 1.54 bits per heavy atom.